The highest BCUT2D eigenvalue weighted by atomic mass is 19.1. The van der Waals surface area contributed by atoms with Crippen LogP contribution < -0.4 is 16.6 Å². The molecule has 162 valence electrons. The van der Waals surface area contributed by atoms with E-state index in [-0.39, 0.29) is 11.6 Å². The summed E-state index contributed by atoms with van der Waals surface area (Å²) in [6, 6.07) is 19.3. The van der Waals surface area contributed by atoms with E-state index in [1.165, 1.54) is 16.7 Å². The van der Waals surface area contributed by atoms with Gasteiger partial charge in [-0.2, -0.15) is 0 Å². The lowest BCUT2D eigenvalue weighted by Crippen LogP contribution is -2.34. The quantitative estimate of drug-likeness (QED) is 0.469. The molecule has 0 bridgehead atoms. The molecule has 32 heavy (non-hydrogen) atoms. The van der Waals surface area contributed by atoms with E-state index in [0.717, 1.165) is 5.56 Å². The zero-order valence-corrected chi connectivity index (χ0v) is 17.7. The van der Waals surface area contributed by atoms with Gasteiger partial charge in [0.05, 0.1) is 11.3 Å². The summed E-state index contributed by atoms with van der Waals surface area (Å²) >= 11 is 0. The van der Waals surface area contributed by atoms with Gasteiger partial charge in [0, 0.05) is 37.6 Å². The number of aromatic nitrogens is 3. The normalized spacial score (nSPS) is 11.8. The molecule has 2 aromatic heterocycles. The van der Waals surface area contributed by atoms with Crippen molar-refractivity contribution in [2.75, 3.05) is 11.9 Å². The molecule has 2 heterocycles. The maximum Gasteiger partial charge on any atom is 0.263 e. The van der Waals surface area contributed by atoms with Crippen molar-refractivity contribution >= 4 is 5.95 Å². The van der Waals surface area contributed by atoms with Crippen molar-refractivity contribution < 1.29 is 4.39 Å². The highest BCUT2D eigenvalue weighted by Crippen LogP contribution is 2.29. The Kier molecular flexibility index (Phi) is 6.37. The molecule has 0 fully saturated rings. The number of anilines is 1. The van der Waals surface area contributed by atoms with Crippen LogP contribution in [0.4, 0.5) is 10.3 Å². The predicted octanol–water partition coefficient (Wildman–Crippen LogP) is 3.63. The lowest BCUT2D eigenvalue weighted by molar-refractivity contribution is 0.628. The molecule has 0 radical (unpaired) electrons. The summed E-state index contributed by atoms with van der Waals surface area (Å²) in [4.78, 5) is 22.1. The molecule has 2 aromatic carbocycles. The Hall–Kier alpha value is -3.84. The fourth-order valence-electron chi connectivity index (χ4n) is 3.59. The highest BCUT2D eigenvalue weighted by molar-refractivity contribution is 5.80. The first-order valence-corrected chi connectivity index (χ1v) is 10.3. The maximum absolute atomic E-state index is 13.9. The second-order valence-corrected chi connectivity index (χ2v) is 7.60. The molecule has 6 nitrogen and oxygen atoms in total. The van der Waals surface area contributed by atoms with E-state index in [4.69, 9.17) is 10.7 Å². The fourth-order valence-corrected chi connectivity index (χ4v) is 3.59. The van der Waals surface area contributed by atoms with Crippen LogP contribution in [0.15, 0.2) is 83.9 Å². The molecular weight excluding hydrogens is 405 g/mol. The molecule has 0 spiro atoms. The first-order chi connectivity index (χ1) is 15.5. The van der Waals surface area contributed by atoms with E-state index in [2.05, 4.69) is 10.3 Å². The average Bonchev–Trinajstić information content (AvgIpc) is 2.81. The van der Waals surface area contributed by atoms with Crippen LogP contribution in [0.25, 0.3) is 22.4 Å². The monoisotopic (exact) mass is 429 g/mol. The van der Waals surface area contributed by atoms with E-state index in [0.29, 0.717) is 41.3 Å². The third kappa shape index (κ3) is 4.73. The van der Waals surface area contributed by atoms with Crippen molar-refractivity contribution in [2.24, 2.45) is 12.8 Å². The zero-order chi connectivity index (χ0) is 22.5. The van der Waals surface area contributed by atoms with Crippen molar-refractivity contribution in [2.45, 2.75) is 12.5 Å². The van der Waals surface area contributed by atoms with Crippen molar-refractivity contribution in [3.05, 3.63) is 101 Å². The van der Waals surface area contributed by atoms with Crippen molar-refractivity contribution in [3.63, 3.8) is 0 Å². The number of nitrogens with zero attached hydrogens (tertiary/aromatic N) is 3. The molecule has 0 aliphatic carbocycles. The van der Waals surface area contributed by atoms with Crippen LogP contribution in [-0.2, 0) is 13.5 Å². The van der Waals surface area contributed by atoms with Gasteiger partial charge in [-0.3, -0.25) is 14.3 Å². The molecule has 0 saturated heterocycles. The van der Waals surface area contributed by atoms with Crippen molar-refractivity contribution in [3.8, 4) is 22.4 Å². The predicted molar refractivity (Wildman–Crippen MR) is 125 cm³/mol. The number of nitrogens with one attached hydrogen (secondary N) is 1. The van der Waals surface area contributed by atoms with Crippen LogP contribution in [0.2, 0.25) is 0 Å². The Morgan fingerprint density at radius 1 is 1.03 bits per heavy atom. The summed E-state index contributed by atoms with van der Waals surface area (Å²) in [5.41, 5.74) is 9.14. The van der Waals surface area contributed by atoms with E-state index in [1.54, 1.807) is 43.7 Å². The minimum absolute atomic E-state index is 0.165. The molecule has 0 saturated carbocycles. The van der Waals surface area contributed by atoms with E-state index < -0.39 is 5.82 Å². The summed E-state index contributed by atoms with van der Waals surface area (Å²) in [7, 11) is 1.64. The Morgan fingerprint density at radius 3 is 2.50 bits per heavy atom. The third-order valence-corrected chi connectivity index (χ3v) is 5.22. The Balaban J connectivity index is 1.70. The van der Waals surface area contributed by atoms with E-state index in [1.807, 2.05) is 30.3 Å². The number of nitrogens with two attached hydrogens (primary N) is 1. The molecule has 0 aliphatic rings. The minimum Gasteiger partial charge on any atom is -0.354 e. The second-order valence-electron chi connectivity index (χ2n) is 7.60. The summed E-state index contributed by atoms with van der Waals surface area (Å²) in [5.74, 6) is -0.0233. The van der Waals surface area contributed by atoms with Gasteiger partial charge >= 0.3 is 0 Å². The number of benzene rings is 2. The Labute approximate surface area is 185 Å². The lowest BCUT2D eigenvalue weighted by atomic mass is 10.0. The topological polar surface area (TPSA) is 85.8 Å². The third-order valence-electron chi connectivity index (χ3n) is 5.22. The largest absolute Gasteiger partial charge is 0.354 e. The van der Waals surface area contributed by atoms with Crippen LogP contribution >= 0.6 is 0 Å². The van der Waals surface area contributed by atoms with Gasteiger partial charge in [0.1, 0.15) is 5.82 Å². The number of halogens is 1. The van der Waals surface area contributed by atoms with Gasteiger partial charge in [0.2, 0.25) is 5.95 Å². The van der Waals surface area contributed by atoms with E-state index >= 15 is 0 Å². The molecular formula is C25H24FN5O. The van der Waals surface area contributed by atoms with Gasteiger partial charge in [0.15, 0.2) is 0 Å². The number of hydrogen-bond acceptors (Lipinski definition) is 5. The van der Waals surface area contributed by atoms with Gasteiger partial charge < -0.3 is 11.1 Å². The molecule has 0 amide bonds. The minimum atomic E-state index is -0.417. The van der Waals surface area contributed by atoms with Gasteiger partial charge in [-0.25, -0.2) is 9.37 Å². The van der Waals surface area contributed by atoms with Crippen LogP contribution in [0, 0.1) is 5.82 Å². The molecule has 0 unspecified atom stereocenters. The van der Waals surface area contributed by atoms with Gasteiger partial charge in [-0.1, -0.05) is 42.5 Å². The summed E-state index contributed by atoms with van der Waals surface area (Å²) in [6.45, 7) is 0.435. The van der Waals surface area contributed by atoms with Crippen molar-refractivity contribution in [1.82, 2.24) is 14.5 Å². The Morgan fingerprint density at radius 2 is 1.78 bits per heavy atom. The highest BCUT2D eigenvalue weighted by Gasteiger charge is 2.19. The number of hydrogen-bond donors (Lipinski definition) is 2. The maximum atomic E-state index is 13.9. The summed E-state index contributed by atoms with van der Waals surface area (Å²) in [5, 5.41) is 3.21. The Bertz CT molecular complexity index is 1260. The van der Waals surface area contributed by atoms with Crippen LogP contribution in [-0.4, -0.2) is 27.1 Å². The average molecular weight is 429 g/mol. The first kappa shape index (κ1) is 21.4. The smallest absolute Gasteiger partial charge is 0.263 e. The zero-order valence-electron chi connectivity index (χ0n) is 17.7. The van der Waals surface area contributed by atoms with Gasteiger partial charge in [0.25, 0.3) is 5.56 Å². The van der Waals surface area contributed by atoms with Crippen LogP contribution in [0.3, 0.4) is 0 Å². The van der Waals surface area contributed by atoms with Crippen LogP contribution in [0.5, 0.6) is 0 Å². The van der Waals surface area contributed by atoms with E-state index in [9.17, 15) is 9.18 Å². The summed E-state index contributed by atoms with van der Waals surface area (Å²) < 4.78 is 15.4. The molecule has 4 rings (SSSR count). The first-order valence-electron chi connectivity index (χ1n) is 10.3. The molecule has 3 N–H and O–H groups in total. The molecule has 7 heteroatoms. The van der Waals surface area contributed by atoms with Gasteiger partial charge in [-0.15, -0.1) is 0 Å². The number of pyridine rings is 1. The SMILES string of the molecule is Cn1c(NC[C@@H](N)Cc2ccccc2)nc(-c2ccncc2)c(-c2cccc(F)c2)c1=O. The fraction of sp³-hybridized carbons (Fsp3) is 0.160. The van der Waals surface area contributed by atoms with Crippen LogP contribution in [0.1, 0.15) is 5.56 Å². The number of rotatable bonds is 7. The second kappa shape index (κ2) is 9.53. The lowest BCUT2D eigenvalue weighted by Gasteiger charge is -2.18. The molecule has 1 atom stereocenters. The molecule has 0 aliphatic heterocycles. The standard InChI is InChI=1S/C25H24FN5O/c1-31-24(32)22(19-8-5-9-20(26)15-19)23(18-10-12-28-13-11-18)30-25(31)29-16-21(27)14-17-6-3-2-4-7-17/h2-13,15,21H,14,16,27H2,1H3,(H,29,30)/t21-/m0/s1. The summed E-state index contributed by atoms with van der Waals surface area (Å²) in [6.07, 6.45) is 3.96. The molecule has 4 aromatic rings. The van der Waals surface area contributed by atoms with Gasteiger partial charge in [-0.05, 0) is 41.8 Å². The van der Waals surface area contributed by atoms with Crippen molar-refractivity contribution in [1.29, 1.82) is 0 Å².